The highest BCUT2D eigenvalue weighted by Crippen LogP contribution is 2.30. The number of anilines is 1. The number of aromatic nitrogens is 1. The van der Waals surface area contributed by atoms with Gasteiger partial charge in [0.2, 0.25) is 0 Å². The quantitative estimate of drug-likeness (QED) is 0.708. The first-order valence-electron chi connectivity index (χ1n) is 8.05. The minimum atomic E-state index is -0.413. The summed E-state index contributed by atoms with van der Waals surface area (Å²) in [6, 6.07) is 16.1. The van der Waals surface area contributed by atoms with Crippen LogP contribution in [-0.4, -0.2) is 29.8 Å². The van der Waals surface area contributed by atoms with Crippen molar-refractivity contribution in [3.63, 3.8) is 0 Å². The lowest BCUT2D eigenvalue weighted by molar-refractivity contribution is 0.208. The average Bonchev–Trinajstić information content (AvgIpc) is 2.59. The number of nitrogens with zero attached hydrogens (tertiary/aromatic N) is 1. The van der Waals surface area contributed by atoms with Crippen LogP contribution in [0.1, 0.15) is 12.5 Å². The van der Waals surface area contributed by atoms with Crippen molar-refractivity contribution in [1.82, 2.24) is 4.98 Å². The minimum absolute atomic E-state index is 0. The zero-order chi connectivity index (χ0) is 17.1. The van der Waals surface area contributed by atoms with E-state index in [9.17, 15) is 5.11 Å². The van der Waals surface area contributed by atoms with Crippen LogP contribution >= 0.6 is 12.4 Å². The van der Waals surface area contributed by atoms with Crippen molar-refractivity contribution in [3.05, 3.63) is 54.1 Å². The van der Waals surface area contributed by atoms with Crippen LogP contribution in [0, 0.1) is 6.92 Å². The predicted octanol–water partition coefficient (Wildman–Crippen LogP) is 4.43. The number of halogens is 1. The van der Waals surface area contributed by atoms with Gasteiger partial charge in [-0.15, -0.1) is 12.4 Å². The minimum Gasteiger partial charge on any atom is -0.496 e. The topological polar surface area (TPSA) is 54.4 Å². The Balaban J connectivity index is 0.00000225. The van der Waals surface area contributed by atoms with Gasteiger partial charge in [0, 0.05) is 23.2 Å². The van der Waals surface area contributed by atoms with Gasteiger partial charge < -0.3 is 15.2 Å². The Morgan fingerprint density at radius 3 is 2.60 bits per heavy atom. The summed E-state index contributed by atoms with van der Waals surface area (Å²) in [5.74, 6) is 0.868. The molecule has 0 aliphatic rings. The molecule has 132 valence electrons. The summed E-state index contributed by atoms with van der Waals surface area (Å²) in [6.45, 7) is 4.29. The van der Waals surface area contributed by atoms with Gasteiger partial charge in [0.05, 0.1) is 24.4 Å². The number of para-hydroxylation sites is 1. The molecule has 0 radical (unpaired) electrons. The van der Waals surface area contributed by atoms with E-state index in [-0.39, 0.29) is 12.4 Å². The fraction of sp³-hybridized carbons (Fsp3) is 0.250. The maximum atomic E-state index is 9.57. The second kappa shape index (κ2) is 8.19. The van der Waals surface area contributed by atoms with Crippen LogP contribution in [0.25, 0.3) is 22.2 Å². The third-order valence-electron chi connectivity index (χ3n) is 3.99. The van der Waals surface area contributed by atoms with Crippen molar-refractivity contribution >= 4 is 29.0 Å². The summed E-state index contributed by atoms with van der Waals surface area (Å²) < 4.78 is 5.33. The molecule has 0 fully saturated rings. The lowest BCUT2D eigenvalue weighted by Gasteiger charge is -2.14. The van der Waals surface area contributed by atoms with Gasteiger partial charge in [-0.1, -0.05) is 18.2 Å². The van der Waals surface area contributed by atoms with E-state index in [1.165, 1.54) is 0 Å². The molecule has 3 rings (SSSR count). The van der Waals surface area contributed by atoms with E-state index in [0.717, 1.165) is 39.2 Å². The highest BCUT2D eigenvalue weighted by Gasteiger charge is 2.09. The number of ether oxygens (including phenoxy) is 1. The number of nitrogens with one attached hydrogen (secondary N) is 1. The van der Waals surface area contributed by atoms with Crippen molar-refractivity contribution < 1.29 is 9.84 Å². The monoisotopic (exact) mass is 358 g/mol. The van der Waals surface area contributed by atoms with Gasteiger partial charge in [-0.3, -0.25) is 0 Å². The van der Waals surface area contributed by atoms with Gasteiger partial charge in [0.1, 0.15) is 5.75 Å². The number of hydrogen-bond donors (Lipinski definition) is 2. The number of fused-ring (bicyclic) bond motifs is 1. The second-order valence-corrected chi connectivity index (χ2v) is 5.99. The molecule has 0 bridgehead atoms. The lowest BCUT2D eigenvalue weighted by atomic mass is 10.0. The van der Waals surface area contributed by atoms with E-state index >= 15 is 0 Å². The van der Waals surface area contributed by atoms with Crippen LogP contribution in [0.5, 0.6) is 5.75 Å². The maximum Gasteiger partial charge on any atom is 0.121 e. The van der Waals surface area contributed by atoms with Gasteiger partial charge in [-0.2, -0.15) is 0 Å². The number of pyridine rings is 1. The van der Waals surface area contributed by atoms with E-state index in [2.05, 4.69) is 11.4 Å². The van der Waals surface area contributed by atoms with E-state index < -0.39 is 6.10 Å². The number of methoxy groups -OCH3 is 1. The molecule has 0 aliphatic heterocycles. The number of benzene rings is 2. The Labute approximate surface area is 154 Å². The van der Waals surface area contributed by atoms with Gasteiger partial charge >= 0.3 is 0 Å². The van der Waals surface area contributed by atoms with Crippen molar-refractivity contribution in [3.8, 4) is 17.0 Å². The highest BCUT2D eigenvalue weighted by molar-refractivity contribution is 5.93. The Morgan fingerprint density at radius 1 is 1.16 bits per heavy atom. The number of aliphatic hydroxyl groups is 1. The number of rotatable bonds is 5. The normalized spacial score (nSPS) is 11.7. The highest BCUT2D eigenvalue weighted by atomic mass is 35.5. The van der Waals surface area contributed by atoms with Gasteiger partial charge in [0.25, 0.3) is 0 Å². The first kappa shape index (κ1) is 19.0. The summed E-state index contributed by atoms with van der Waals surface area (Å²) in [7, 11) is 1.67. The predicted molar refractivity (Wildman–Crippen MR) is 106 cm³/mol. The molecule has 4 nitrogen and oxygen atoms in total. The molecular formula is C20H23ClN2O2. The van der Waals surface area contributed by atoms with Crippen LogP contribution in [0.3, 0.4) is 0 Å². The molecule has 1 unspecified atom stereocenters. The molecule has 5 heteroatoms. The summed E-state index contributed by atoms with van der Waals surface area (Å²) in [4.78, 5) is 4.79. The molecule has 0 saturated carbocycles. The molecule has 1 aromatic heterocycles. The van der Waals surface area contributed by atoms with E-state index in [0.29, 0.717) is 6.54 Å². The molecule has 1 heterocycles. The second-order valence-electron chi connectivity index (χ2n) is 5.99. The van der Waals surface area contributed by atoms with Crippen LogP contribution in [0.15, 0.2) is 48.5 Å². The Hall–Kier alpha value is -2.30. The third kappa shape index (κ3) is 4.21. The first-order valence-corrected chi connectivity index (χ1v) is 8.05. The zero-order valence-corrected chi connectivity index (χ0v) is 15.4. The number of hydrogen-bond acceptors (Lipinski definition) is 4. The molecule has 25 heavy (non-hydrogen) atoms. The molecule has 0 saturated heterocycles. The molecule has 2 aromatic carbocycles. The van der Waals surface area contributed by atoms with Crippen molar-refractivity contribution in [2.45, 2.75) is 20.0 Å². The average molecular weight is 359 g/mol. The summed E-state index contributed by atoms with van der Waals surface area (Å²) in [6.07, 6.45) is -0.413. The van der Waals surface area contributed by atoms with Crippen LogP contribution in [0.4, 0.5) is 5.69 Å². The van der Waals surface area contributed by atoms with Crippen LogP contribution in [0.2, 0.25) is 0 Å². The summed E-state index contributed by atoms with van der Waals surface area (Å²) in [5, 5.41) is 13.9. The fourth-order valence-electron chi connectivity index (χ4n) is 2.76. The standard InChI is InChI=1S/C20H22N2O2.ClH/c1-13-10-15(8-9-20(13)24-3)18-11-19(21-12-14(2)23)16-6-4-5-7-17(16)22-18;/h4-11,14,23H,12H2,1-3H3,(H,21,22);1H. The lowest BCUT2D eigenvalue weighted by Crippen LogP contribution is -2.15. The number of aryl methyl sites for hydroxylation is 1. The van der Waals surface area contributed by atoms with E-state index in [1.54, 1.807) is 14.0 Å². The van der Waals surface area contributed by atoms with Crippen molar-refractivity contribution in [1.29, 1.82) is 0 Å². The zero-order valence-electron chi connectivity index (χ0n) is 14.6. The number of aliphatic hydroxyl groups excluding tert-OH is 1. The van der Waals surface area contributed by atoms with Crippen LogP contribution in [-0.2, 0) is 0 Å². The molecule has 0 spiro atoms. The SMILES string of the molecule is COc1ccc(-c2cc(NCC(C)O)c3ccccc3n2)cc1C.Cl. The van der Waals surface area contributed by atoms with Crippen molar-refractivity contribution in [2.24, 2.45) is 0 Å². The molecular weight excluding hydrogens is 336 g/mol. The molecule has 1 atom stereocenters. The Kier molecular flexibility index (Phi) is 6.23. The van der Waals surface area contributed by atoms with Crippen LogP contribution < -0.4 is 10.1 Å². The van der Waals surface area contributed by atoms with E-state index in [1.807, 2.05) is 49.4 Å². The molecule has 3 aromatic rings. The van der Waals surface area contributed by atoms with Gasteiger partial charge in [-0.25, -0.2) is 4.98 Å². The molecule has 0 aliphatic carbocycles. The smallest absolute Gasteiger partial charge is 0.121 e. The Morgan fingerprint density at radius 2 is 1.92 bits per heavy atom. The largest absolute Gasteiger partial charge is 0.496 e. The van der Waals surface area contributed by atoms with Gasteiger partial charge in [-0.05, 0) is 49.7 Å². The molecule has 0 amide bonds. The Bertz CT molecular complexity index is 865. The van der Waals surface area contributed by atoms with Gasteiger partial charge in [0.15, 0.2) is 0 Å². The fourth-order valence-corrected chi connectivity index (χ4v) is 2.76. The molecule has 2 N–H and O–H groups in total. The van der Waals surface area contributed by atoms with Crippen molar-refractivity contribution in [2.75, 3.05) is 19.0 Å². The summed E-state index contributed by atoms with van der Waals surface area (Å²) in [5.41, 5.74) is 4.91. The van der Waals surface area contributed by atoms with E-state index in [4.69, 9.17) is 9.72 Å². The maximum absolute atomic E-state index is 9.57. The third-order valence-corrected chi connectivity index (χ3v) is 3.99. The first-order chi connectivity index (χ1) is 11.6. The summed E-state index contributed by atoms with van der Waals surface area (Å²) >= 11 is 0.